The lowest BCUT2D eigenvalue weighted by molar-refractivity contribution is -0.131. The summed E-state index contributed by atoms with van der Waals surface area (Å²) in [5.41, 5.74) is 3.84. The molecule has 1 unspecified atom stereocenters. The van der Waals surface area contributed by atoms with Gasteiger partial charge in [-0.05, 0) is 92.8 Å². The first-order valence-corrected chi connectivity index (χ1v) is 18.6. The van der Waals surface area contributed by atoms with Crippen LogP contribution in [0.5, 0.6) is 5.75 Å². The van der Waals surface area contributed by atoms with Crippen molar-refractivity contribution in [2.75, 3.05) is 25.4 Å². The molecule has 4 aromatic rings. The van der Waals surface area contributed by atoms with Crippen molar-refractivity contribution < 1.29 is 32.1 Å². The standard InChI is InChI=1S/C37H41FNO6PS/c1-37(2,3)47(6)45-34(26-12-17-28(38)18-13-26)23-22-32-35(39(36(32)41)29-10-8-7-9-11-29)31-21-16-27(24-33(31)40)25-14-19-30(20-15-25)46(42,43-4)44-5/h7-21,24,32,34-35H,22-23H2,1-6H3/p+1/t32-,34+,35-,47?/m1/s1. The number of benzene rings is 4. The van der Waals surface area contributed by atoms with E-state index in [1.54, 1.807) is 47.4 Å². The van der Waals surface area contributed by atoms with E-state index in [-0.39, 0.29) is 28.3 Å². The quantitative estimate of drug-likeness (QED) is 0.0919. The van der Waals surface area contributed by atoms with Crippen LogP contribution in [-0.2, 0) is 33.8 Å². The van der Waals surface area contributed by atoms with Gasteiger partial charge in [0.15, 0.2) is 4.75 Å². The average molecular weight is 679 g/mol. The highest BCUT2D eigenvalue weighted by atomic mass is 32.2. The van der Waals surface area contributed by atoms with Crippen molar-refractivity contribution in [1.29, 1.82) is 0 Å². The zero-order valence-corrected chi connectivity index (χ0v) is 29.3. The summed E-state index contributed by atoms with van der Waals surface area (Å²) < 4.78 is 43.3. The van der Waals surface area contributed by atoms with Gasteiger partial charge >= 0.3 is 7.60 Å². The number of rotatable bonds is 12. The van der Waals surface area contributed by atoms with Crippen LogP contribution in [0.25, 0.3) is 11.1 Å². The first-order valence-electron chi connectivity index (χ1n) is 15.5. The summed E-state index contributed by atoms with van der Waals surface area (Å²) >= 11 is -0.403. The fourth-order valence-corrected chi connectivity index (χ4v) is 7.68. The molecule has 1 aliphatic rings. The Morgan fingerprint density at radius 2 is 1.53 bits per heavy atom. The highest BCUT2D eigenvalue weighted by Gasteiger charge is 2.50. The molecule has 7 nitrogen and oxygen atoms in total. The molecule has 5 rings (SSSR count). The van der Waals surface area contributed by atoms with Gasteiger partial charge in [0.1, 0.15) is 35.1 Å². The highest BCUT2D eigenvalue weighted by Crippen LogP contribution is 2.50. The molecule has 1 aliphatic heterocycles. The smallest absolute Gasteiger partial charge is 0.360 e. The van der Waals surface area contributed by atoms with Crippen molar-refractivity contribution in [3.63, 3.8) is 0 Å². The van der Waals surface area contributed by atoms with Crippen molar-refractivity contribution >= 4 is 35.7 Å². The molecule has 1 N–H and O–H groups in total. The maximum absolute atomic E-state index is 13.8. The van der Waals surface area contributed by atoms with Crippen LogP contribution in [-0.4, -0.2) is 36.2 Å². The number of halogens is 1. The predicted octanol–water partition coefficient (Wildman–Crippen LogP) is 8.51. The fourth-order valence-electron chi connectivity index (χ4n) is 5.75. The highest BCUT2D eigenvalue weighted by molar-refractivity contribution is 7.93. The van der Waals surface area contributed by atoms with E-state index in [0.717, 1.165) is 22.4 Å². The fraction of sp³-hybridized carbons (Fsp3) is 0.324. The van der Waals surface area contributed by atoms with Crippen LogP contribution in [0.1, 0.15) is 56.9 Å². The number of carbonyl (C=O) groups excluding carboxylic acids is 1. The Morgan fingerprint density at radius 1 is 0.915 bits per heavy atom. The maximum atomic E-state index is 13.8. The second-order valence-electron chi connectivity index (χ2n) is 12.6. The molecule has 4 aromatic carbocycles. The van der Waals surface area contributed by atoms with Crippen LogP contribution >= 0.6 is 7.60 Å². The summed E-state index contributed by atoms with van der Waals surface area (Å²) in [7, 11) is -0.701. The van der Waals surface area contributed by atoms with E-state index in [1.165, 1.54) is 26.4 Å². The molecule has 10 heteroatoms. The summed E-state index contributed by atoms with van der Waals surface area (Å²) in [6, 6.07) is 27.9. The lowest BCUT2D eigenvalue weighted by atomic mass is 9.77. The Balaban J connectivity index is 1.44. The SMILES string of the molecule is COP(=O)(OC)c1ccc(-c2ccc([C@@H]3[C@@H](CC[C@H](O[S+](C)C(C)(C)C)c4ccc(F)cc4)C(=O)N3c3ccccc3)c(O)c2)cc1. The first-order chi connectivity index (χ1) is 22.4. The van der Waals surface area contributed by atoms with Crippen LogP contribution in [0.4, 0.5) is 10.1 Å². The van der Waals surface area contributed by atoms with E-state index in [0.29, 0.717) is 23.7 Å². The number of para-hydroxylation sites is 1. The summed E-state index contributed by atoms with van der Waals surface area (Å²) in [6.45, 7) is 6.37. The van der Waals surface area contributed by atoms with E-state index in [2.05, 4.69) is 27.0 Å². The van der Waals surface area contributed by atoms with Gasteiger partial charge in [0, 0.05) is 25.5 Å². The van der Waals surface area contributed by atoms with Gasteiger partial charge in [0.2, 0.25) is 5.91 Å². The summed E-state index contributed by atoms with van der Waals surface area (Å²) in [6.07, 6.45) is 2.80. The third-order valence-electron chi connectivity index (χ3n) is 8.70. The van der Waals surface area contributed by atoms with Crippen LogP contribution in [0.3, 0.4) is 0 Å². The maximum Gasteiger partial charge on any atom is 0.360 e. The van der Waals surface area contributed by atoms with Crippen LogP contribution in [0, 0.1) is 11.7 Å². The summed E-state index contributed by atoms with van der Waals surface area (Å²) in [5.74, 6) is -0.663. The van der Waals surface area contributed by atoms with E-state index in [4.69, 9.17) is 13.2 Å². The van der Waals surface area contributed by atoms with Crippen molar-refractivity contribution in [2.24, 2.45) is 5.92 Å². The lowest BCUT2D eigenvalue weighted by Gasteiger charge is -2.48. The second kappa shape index (κ2) is 14.3. The molecule has 1 saturated heterocycles. The number of phenols is 1. The van der Waals surface area contributed by atoms with Crippen molar-refractivity contribution in [3.05, 3.63) is 114 Å². The van der Waals surface area contributed by atoms with Crippen LogP contribution in [0.2, 0.25) is 0 Å². The number of anilines is 1. The van der Waals surface area contributed by atoms with E-state index in [9.17, 15) is 18.9 Å². The molecule has 0 spiro atoms. The number of aromatic hydroxyl groups is 1. The van der Waals surface area contributed by atoms with Gasteiger partial charge in [-0.15, -0.1) is 0 Å². The van der Waals surface area contributed by atoms with Crippen LogP contribution in [0.15, 0.2) is 97.1 Å². The normalized spacial score (nSPS) is 18.1. The third kappa shape index (κ3) is 7.50. The molecule has 1 fully saturated rings. The number of hydrogen-bond acceptors (Lipinski definition) is 6. The number of β-lactam (4-membered cyclic amide) rings is 1. The number of nitrogens with zero attached hydrogens (tertiary/aromatic N) is 1. The Kier molecular flexibility index (Phi) is 10.6. The molecule has 0 aromatic heterocycles. The summed E-state index contributed by atoms with van der Waals surface area (Å²) in [4.78, 5) is 15.5. The summed E-state index contributed by atoms with van der Waals surface area (Å²) in [5, 5.41) is 11.9. The molecule has 1 amide bonds. The van der Waals surface area contributed by atoms with Gasteiger partial charge < -0.3 is 19.1 Å². The van der Waals surface area contributed by atoms with E-state index < -0.39 is 30.7 Å². The van der Waals surface area contributed by atoms with Gasteiger partial charge in [-0.2, -0.15) is 4.18 Å². The zero-order chi connectivity index (χ0) is 33.9. The minimum Gasteiger partial charge on any atom is -0.508 e. The molecule has 47 heavy (non-hydrogen) atoms. The minimum absolute atomic E-state index is 0.0230. The number of amides is 1. The Bertz CT molecular complexity index is 1720. The van der Waals surface area contributed by atoms with Gasteiger partial charge in [-0.3, -0.25) is 9.36 Å². The molecule has 0 aliphatic carbocycles. The Labute approximate surface area is 279 Å². The Morgan fingerprint density at radius 3 is 2.11 bits per heavy atom. The van der Waals surface area contributed by atoms with Gasteiger partial charge in [0.25, 0.3) is 0 Å². The monoisotopic (exact) mass is 678 g/mol. The molecular formula is C37H42FNO6PS+. The minimum atomic E-state index is -3.39. The molecule has 0 saturated carbocycles. The molecule has 4 atom stereocenters. The zero-order valence-electron chi connectivity index (χ0n) is 27.6. The van der Waals surface area contributed by atoms with Gasteiger partial charge in [-0.25, -0.2) is 4.39 Å². The predicted molar refractivity (Wildman–Crippen MR) is 187 cm³/mol. The molecule has 248 valence electrons. The average Bonchev–Trinajstić information content (AvgIpc) is 3.07. The second-order valence-corrected chi connectivity index (χ2v) is 17.1. The van der Waals surface area contributed by atoms with Crippen molar-refractivity contribution in [3.8, 4) is 16.9 Å². The third-order valence-corrected chi connectivity index (χ3v) is 12.8. The van der Waals surface area contributed by atoms with Crippen molar-refractivity contribution in [1.82, 2.24) is 0 Å². The van der Waals surface area contributed by atoms with Gasteiger partial charge in [0.05, 0.1) is 17.3 Å². The number of hydrogen-bond donors (Lipinski definition) is 1. The molecule has 1 heterocycles. The number of phenolic OH excluding ortho intramolecular Hbond substituents is 1. The Hall–Kier alpha value is -3.46. The molecular weight excluding hydrogens is 636 g/mol. The first kappa shape index (κ1) is 34.9. The van der Waals surface area contributed by atoms with E-state index in [1.807, 2.05) is 42.5 Å². The number of carbonyl (C=O) groups is 1. The molecule has 0 bridgehead atoms. The van der Waals surface area contributed by atoms with Gasteiger partial charge in [-0.1, -0.05) is 54.6 Å². The topological polar surface area (TPSA) is 85.3 Å². The van der Waals surface area contributed by atoms with E-state index >= 15 is 0 Å². The lowest BCUT2D eigenvalue weighted by Crippen LogP contribution is -2.55. The van der Waals surface area contributed by atoms with Crippen molar-refractivity contribution in [2.45, 2.75) is 50.5 Å². The largest absolute Gasteiger partial charge is 0.508 e. The molecule has 0 radical (unpaired) electrons. The van der Waals surface area contributed by atoms with Crippen LogP contribution < -0.4 is 10.2 Å².